The lowest BCUT2D eigenvalue weighted by atomic mass is 10.0. The summed E-state index contributed by atoms with van der Waals surface area (Å²) in [6.45, 7) is 8.16. The van der Waals surface area contributed by atoms with Crippen molar-refractivity contribution < 1.29 is 14.7 Å². The van der Waals surface area contributed by atoms with E-state index in [0.717, 1.165) is 12.8 Å². The Morgan fingerprint density at radius 3 is 2.19 bits per heavy atom. The van der Waals surface area contributed by atoms with Gasteiger partial charge < -0.3 is 10.0 Å². The van der Waals surface area contributed by atoms with Crippen molar-refractivity contribution in [1.29, 1.82) is 0 Å². The number of rotatable bonds is 7. The predicted molar refractivity (Wildman–Crippen MR) is 63.1 cm³/mol. The smallest absolute Gasteiger partial charge is 0.323 e. The van der Waals surface area contributed by atoms with Gasteiger partial charge in [-0.1, -0.05) is 34.1 Å². The van der Waals surface area contributed by atoms with Crippen LogP contribution >= 0.6 is 0 Å². The van der Waals surface area contributed by atoms with Gasteiger partial charge in [-0.3, -0.25) is 9.59 Å². The second-order valence-electron chi connectivity index (χ2n) is 4.70. The van der Waals surface area contributed by atoms with Crippen LogP contribution in [0.5, 0.6) is 0 Å². The van der Waals surface area contributed by atoms with E-state index in [1.54, 1.807) is 0 Å². The molecule has 0 aliphatic heterocycles. The van der Waals surface area contributed by atoms with Gasteiger partial charge in [0.05, 0.1) is 0 Å². The van der Waals surface area contributed by atoms with Gasteiger partial charge in [0, 0.05) is 12.5 Å². The Labute approximate surface area is 97.6 Å². The summed E-state index contributed by atoms with van der Waals surface area (Å²) < 4.78 is 0. The molecule has 0 saturated heterocycles. The van der Waals surface area contributed by atoms with Crippen LogP contribution in [0.25, 0.3) is 0 Å². The fourth-order valence-corrected chi connectivity index (χ4v) is 1.70. The lowest BCUT2D eigenvalue weighted by Crippen LogP contribution is -2.41. The summed E-state index contributed by atoms with van der Waals surface area (Å²) in [7, 11) is 0. The number of carboxylic acid groups (broad SMARTS) is 1. The van der Waals surface area contributed by atoms with E-state index in [1.807, 2.05) is 27.7 Å². The van der Waals surface area contributed by atoms with E-state index in [1.165, 1.54) is 4.90 Å². The molecule has 1 amide bonds. The second kappa shape index (κ2) is 7.25. The summed E-state index contributed by atoms with van der Waals surface area (Å²) in [4.78, 5) is 24.1. The van der Waals surface area contributed by atoms with Crippen molar-refractivity contribution >= 4 is 11.9 Å². The number of nitrogens with zero attached hydrogens (tertiary/aromatic N) is 1. The van der Waals surface area contributed by atoms with E-state index >= 15 is 0 Å². The molecule has 0 aliphatic rings. The molecule has 0 saturated carbocycles. The number of aliphatic carboxylic acids is 1. The highest BCUT2D eigenvalue weighted by molar-refractivity contribution is 5.82. The van der Waals surface area contributed by atoms with E-state index < -0.39 is 5.97 Å². The molecular formula is C12H23NO3. The van der Waals surface area contributed by atoms with Crippen LogP contribution < -0.4 is 0 Å². The zero-order chi connectivity index (χ0) is 12.7. The molecule has 0 spiro atoms. The van der Waals surface area contributed by atoms with Crippen LogP contribution in [-0.2, 0) is 9.59 Å². The zero-order valence-electron chi connectivity index (χ0n) is 10.7. The van der Waals surface area contributed by atoms with E-state index in [9.17, 15) is 9.59 Å². The maximum Gasteiger partial charge on any atom is 0.323 e. The van der Waals surface area contributed by atoms with Gasteiger partial charge >= 0.3 is 5.97 Å². The minimum absolute atomic E-state index is 0.0436. The normalized spacial score (nSPS) is 12.6. The number of carbonyl (C=O) groups is 2. The lowest BCUT2D eigenvalue weighted by Gasteiger charge is -2.25. The molecule has 0 aliphatic carbocycles. The van der Waals surface area contributed by atoms with E-state index in [2.05, 4.69) is 0 Å². The summed E-state index contributed by atoms with van der Waals surface area (Å²) in [5.41, 5.74) is 0. The fraction of sp³-hybridized carbons (Fsp3) is 0.833. The second-order valence-corrected chi connectivity index (χ2v) is 4.70. The number of carbonyl (C=O) groups excluding carboxylic acids is 1. The van der Waals surface area contributed by atoms with E-state index in [-0.39, 0.29) is 24.3 Å². The Balaban J connectivity index is 4.48. The van der Waals surface area contributed by atoms with Crippen LogP contribution in [0.15, 0.2) is 0 Å². The third-order valence-electron chi connectivity index (χ3n) is 2.37. The third-order valence-corrected chi connectivity index (χ3v) is 2.37. The number of hydrogen-bond acceptors (Lipinski definition) is 2. The molecule has 0 radical (unpaired) electrons. The fourth-order valence-electron chi connectivity index (χ4n) is 1.70. The standard InChI is InChI=1S/C12H23NO3/c1-5-6-10(4)12(16)13(7-9(2)3)8-11(14)15/h9-10H,5-8H2,1-4H3,(H,14,15). The highest BCUT2D eigenvalue weighted by Gasteiger charge is 2.22. The largest absolute Gasteiger partial charge is 0.480 e. The van der Waals surface area contributed by atoms with Crippen molar-refractivity contribution in [3.8, 4) is 0 Å². The van der Waals surface area contributed by atoms with Gasteiger partial charge in [0.25, 0.3) is 0 Å². The Morgan fingerprint density at radius 1 is 1.25 bits per heavy atom. The van der Waals surface area contributed by atoms with Gasteiger partial charge in [0.15, 0.2) is 0 Å². The minimum atomic E-state index is -0.947. The van der Waals surface area contributed by atoms with E-state index in [0.29, 0.717) is 6.54 Å². The van der Waals surface area contributed by atoms with Crippen LogP contribution in [0.2, 0.25) is 0 Å². The molecular weight excluding hydrogens is 206 g/mol. The molecule has 0 rings (SSSR count). The number of amides is 1. The van der Waals surface area contributed by atoms with Crippen molar-refractivity contribution in [3.63, 3.8) is 0 Å². The van der Waals surface area contributed by atoms with Crippen molar-refractivity contribution in [2.24, 2.45) is 11.8 Å². The summed E-state index contributed by atoms with van der Waals surface area (Å²) in [5.74, 6) is -0.782. The van der Waals surface area contributed by atoms with Gasteiger partial charge in [-0.05, 0) is 12.3 Å². The molecule has 4 heteroatoms. The van der Waals surface area contributed by atoms with Crippen molar-refractivity contribution in [3.05, 3.63) is 0 Å². The Kier molecular flexibility index (Phi) is 6.77. The zero-order valence-corrected chi connectivity index (χ0v) is 10.7. The predicted octanol–water partition coefficient (Wildman–Crippen LogP) is 1.99. The van der Waals surface area contributed by atoms with Gasteiger partial charge in [-0.25, -0.2) is 0 Å². The SMILES string of the molecule is CCCC(C)C(=O)N(CC(=O)O)CC(C)C. The molecule has 94 valence electrons. The molecule has 0 fully saturated rings. The van der Waals surface area contributed by atoms with Crippen LogP contribution in [0, 0.1) is 11.8 Å². The molecule has 0 aromatic carbocycles. The first-order valence-electron chi connectivity index (χ1n) is 5.89. The highest BCUT2D eigenvalue weighted by Crippen LogP contribution is 2.11. The minimum Gasteiger partial charge on any atom is -0.480 e. The van der Waals surface area contributed by atoms with Crippen LogP contribution in [-0.4, -0.2) is 35.0 Å². The van der Waals surface area contributed by atoms with Gasteiger partial charge in [0.2, 0.25) is 5.91 Å². The van der Waals surface area contributed by atoms with E-state index in [4.69, 9.17) is 5.11 Å². The summed E-state index contributed by atoms with van der Waals surface area (Å²) >= 11 is 0. The van der Waals surface area contributed by atoms with Crippen molar-refractivity contribution in [2.75, 3.05) is 13.1 Å². The molecule has 4 nitrogen and oxygen atoms in total. The first-order chi connectivity index (χ1) is 7.38. The van der Waals surface area contributed by atoms with Crippen LogP contribution in [0.3, 0.4) is 0 Å². The Hall–Kier alpha value is -1.06. The molecule has 1 atom stereocenters. The van der Waals surface area contributed by atoms with Crippen molar-refractivity contribution in [2.45, 2.75) is 40.5 Å². The number of carboxylic acids is 1. The first-order valence-corrected chi connectivity index (χ1v) is 5.89. The van der Waals surface area contributed by atoms with Gasteiger partial charge in [-0.2, -0.15) is 0 Å². The number of hydrogen-bond donors (Lipinski definition) is 1. The van der Waals surface area contributed by atoms with Crippen LogP contribution in [0.1, 0.15) is 40.5 Å². The average Bonchev–Trinajstić information content (AvgIpc) is 2.14. The average molecular weight is 229 g/mol. The maximum absolute atomic E-state index is 12.0. The summed E-state index contributed by atoms with van der Waals surface area (Å²) in [6.07, 6.45) is 1.75. The summed E-state index contributed by atoms with van der Waals surface area (Å²) in [5, 5.41) is 8.76. The molecule has 0 heterocycles. The maximum atomic E-state index is 12.0. The topological polar surface area (TPSA) is 57.6 Å². The molecule has 1 N–H and O–H groups in total. The highest BCUT2D eigenvalue weighted by atomic mass is 16.4. The first kappa shape index (κ1) is 14.9. The van der Waals surface area contributed by atoms with Gasteiger partial charge in [-0.15, -0.1) is 0 Å². The lowest BCUT2D eigenvalue weighted by molar-refractivity contribution is -0.146. The molecule has 0 aromatic heterocycles. The molecule has 0 bridgehead atoms. The molecule has 16 heavy (non-hydrogen) atoms. The Morgan fingerprint density at radius 2 is 1.81 bits per heavy atom. The third kappa shape index (κ3) is 5.73. The Bertz CT molecular complexity index is 238. The summed E-state index contributed by atoms with van der Waals surface area (Å²) in [6, 6.07) is 0. The molecule has 1 unspecified atom stereocenters. The van der Waals surface area contributed by atoms with Crippen LogP contribution in [0.4, 0.5) is 0 Å². The monoisotopic (exact) mass is 229 g/mol. The van der Waals surface area contributed by atoms with Crippen molar-refractivity contribution in [1.82, 2.24) is 4.90 Å². The quantitative estimate of drug-likeness (QED) is 0.726. The van der Waals surface area contributed by atoms with Gasteiger partial charge in [0.1, 0.15) is 6.54 Å². The molecule has 0 aromatic rings.